The lowest BCUT2D eigenvalue weighted by molar-refractivity contribution is 0.0634. The molecule has 0 radical (unpaired) electrons. The third-order valence-corrected chi connectivity index (χ3v) is 2.68. The molecule has 1 amide bonds. The number of carboxylic acids is 1. The van der Waals surface area contributed by atoms with Gasteiger partial charge in [0.1, 0.15) is 11.4 Å². The van der Waals surface area contributed by atoms with Crippen LogP contribution in [0.2, 0.25) is 0 Å². The lowest BCUT2D eigenvalue weighted by atomic mass is 10.2. The van der Waals surface area contributed by atoms with Crippen LogP contribution in [0.4, 0.5) is 10.5 Å². The standard InChI is InChI=1S/C15H19NO5/c1-15(2,3)21-14(19)16-11-7-4-9(13(17)18)8-12(11)20-10-5-6-10/h4,7-8,10H,5-6H2,1-3H3,(H,16,19)(H,17,18). The topological polar surface area (TPSA) is 84.9 Å². The Morgan fingerprint density at radius 1 is 1.29 bits per heavy atom. The summed E-state index contributed by atoms with van der Waals surface area (Å²) < 4.78 is 10.8. The first kappa shape index (κ1) is 15.2. The summed E-state index contributed by atoms with van der Waals surface area (Å²) in [6.07, 6.45) is 1.35. The second kappa shape index (κ2) is 5.63. The van der Waals surface area contributed by atoms with Gasteiger partial charge in [-0.3, -0.25) is 5.32 Å². The zero-order valence-electron chi connectivity index (χ0n) is 12.3. The molecule has 0 bridgehead atoms. The van der Waals surface area contributed by atoms with E-state index in [0.717, 1.165) is 12.8 Å². The molecule has 6 heteroatoms. The minimum Gasteiger partial charge on any atom is -0.488 e. The van der Waals surface area contributed by atoms with E-state index in [1.807, 2.05) is 0 Å². The van der Waals surface area contributed by atoms with Crippen LogP contribution in [0.3, 0.4) is 0 Å². The van der Waals surface area contributed by atoms with Crippen molar-refractivity contribution in [1.29, 1.82) is 0 Å². The van der Waals surface area contributed by atoms with E-state index >= 15 is 0 Å². The molecule has 1 aliphatic carbocycles. The van der Waals surface area contributed by atoms with Crippen LogP contribution in [0, 0.1) is 0 Å². The van der Waals surface area contributed by atoms with Gasteiger partial charge in [0, 0.05) is 0 Å². The highest BCUT2D eigenvalue weighted by Gasteiger charge is 2.26. The summed E-state index contributed by atoms with van der Waals surface area (Å²) in [5, 5.41) is 11.6. The van der Waals surface area contributed by atoms with E-state index in [9.17, 15) is 9.59 Å². The Labute approximate surface area is 123 Å². The third-order valence-electron chi connectivity index (χ3n) is 2.68. The van der Waals surface area contributed by atoms with Crippen LogP contribution >= 0.6 is 0 Å². The van der Waals surface area contributed by atoms with E-state index in [1.165, 1.54) is 18.2 Å². The van der Waals surface area contributed by atoms with Crippen LogP contribution in [-0.2, 0) is 4.74 Å². The molecule has 1 aromatic carbocycles. The molecule has 1 fully saturated rings. The molecule has 114 valence electrons. The predicted octanol–water partition coefficient (Wildman–Crippen LogP) is 3.27. The highest BCUT2D eigenvalue weighted by molar-refractivity contribution is 5.92. The summed E-state index contributed by atoms with van der Waals surface area (Å²) in [7, 11) is 0. The summed E-state index contributed by atoms with van der Waals surface area (Å²) in [6, 6.07) is 4.33. The fourth-order valence-corrected chi connectivity index (χ4v) is 1.64. The minimum absolute atomic E-state index is 0.0910. The fourth-order valence-electron chi connectivity index (χ4n) is 1.64. The van der Waals surface area contributed by atoms with Crippen molar-refractivity contribution in [2.24, 2.45) is 0 Å². The first-order valence-corrected chi connectivity index (χ1v) is 6.78. The van der Waals surface area contributed by atoms with Crippen molar-refractivity contribution in [3.05, 3.63) is 23.8 Å². The summed E-state index contributed by atoms with van der Waals surface area (Å²) in [5.41, 5.74) is -0.0932. The van der Waals surface area contributed by atoms with E-state index in [-0.39, 0.29) is 11.7 Å². The molecule has 2 rings (SSSR count). The number of anilines is 1. The summed E-state index contributed by atoms with van der Waals surface area (Å²) in [4.78, 5) is 22.8. The number of aromatic carboxylic acids is 1. The molecule has 0 saturated heterocycles. The maximum Gasteiger partial charge on any atom is 0.412 e. The average Bonchev–Trinajstić information content (AvgIpc) is 3.12. The minimum atomic E-state index is -1.04. The number of ether oxygens (including phenoxy) is 2. The number of hydrogen-bond donors (Lipinski definition) is 2. The molecule has 1 aliphatic rings. The highest BCUT2D eigenvalue weighted by atomic mass is 16.6. The molecule has 2 N–H and O–H groups in total. The molecule has 6 nitrogen and oxygen atoms in total. The Kier molecular flexibility index (Phi) is 4.06. The van der Waals surface area contributed by atoms with Gasteiger partial charge in [0.05, 0.1) is 17.4 Å². The Balaban J connectivity index is 2.16. The zero-order chi connectivity index (χ0) is 15.6. The lowest BCUT2D eigenvalue weighted by Gasteiger charge is -2.20. The maximum atomic E-state index is 11.8. The van der Waals surface area contributed by atoms with Gasteiger partial charge in [-0.25, -0.2) is 9.59 Å². The van der Waals surface area contributed by atoms with Gasteiger partial charge in [-0.1, -0.05) is 0 Å². The summed E-state index contributed by atoms with van der Waals surface area (Å²) in [5.74, 6) is -0.692. The van der Waals surface area contributed by atoms with Crippen molar-refractivity contribution in [3.8, 4) is 5.75 Å². The molecule has 0 atom stereocenters. The number of carbonyl (C=O) groups is 2. The first-order valence-electron chi connectivity index (χ1n) is 6.78. The highest BCUT2D eigenvalue weighted by Crippen LogP contribution is 2.33. The van der Waals surface area contributed by atoms with Crippen molar-refractivity contribution in [2.75, 3.05) is 5.32 Å². The number of benzene rings is 1. The third kappa shape index (κ3) is 4.66. The van der Waals surface area contributed by atoms with Crippen LogP contribution in [0.15, 0.2) is 18.2 Å². The number of rotatable bonds is 4. The van der Waals surface area contributed by atoms with Gasteiger partial charge in [-0.2, -0.15) is 0 Å². The van der Waals surface area contributed by atoms with Crippen molar-refractivity contribution < 1.29 is 24.2 Å². The first-order chi connectivity index (χ1) is 9.74. The summed E-state index contributed by atoms with van der Waals surface area (Å²) in [6.45, 7) is 5.30. The van der Waals surface area contributed by atoms with Crippen LogP contribution in [0.1, 0.15) is 44.0 Å². The van der Waals surface area contributed by atoms with Gasteiger partial charge in [-0.15, -0.1) is 0 Å². The van der Waals surface area contributed by atoms with Gasteiger partial charge in [-0.05, 0) is 51.8 Å². The molecule has 0 unspecified atom stereocenters. The van der Waals surface area contributed by atoms with E-state index in [1.54, 1.807) is 20.8 Å². The monoisotopic (exact) mass is 293 g/mol. The van der Waals surface area contributed by atoms with Crippen molar-refractivity contribution in [2.45, 2.75) is 45.3 Å². The smallest absolute Gasteiger partial charge is 0.412 e. The Bertz CT molecular complexity index is 558. The van der Waals surface area contributed by atoms with Crippen molar-refractivity contribution in [1.82, 2.24) is 0 Å². The SMILES string of the molecule is CC(C)(C)OC(=O)Nc1ccc(C(=O)O)cc1OC1CC1. The Morgan fingerprint density at radius 2 is 1.95 bits per heavy atom. The number of carbonyl (C=O) groups excluding carboxylic acids is 1. The van der Waals surface area contributed by atoms with Gasteiger partial charge in [0.2, 0.25) is 0 Å². The fraction of sp³-hybridized carbons (Fsp3) is 0.467. The second-order valence-corrected chi connectivity index (χ2v) is 5.96. The molecular weight excluding hydrogens is 274 g/mol. The average molecular weight is 293 g/mol. The Hall–Kier alpha value is -2.24. The van der Waals surface area contributed by atoms with Crippen molar-refractivity contribution >= 4 is 17.7 Å². The van der Waals surface area contributed by atoms with Crippen LogP contribution in [-0.4, -0.2) is 28.9 Å². The quantitative estimate of drug-likeness (QED) is 0.890. The van der Waals surface area contributed by atoms with E-state index in [0.29, 0.717) is 11.4 Å². The van der Waals surface area contributed by atoms with E-state index in [4.69, 9.17) is 14.6 Å². The largest absolute Gasteiger partial charge is 0.488 e. The number of hydrogen-bond acceptors (Lipinski definition) is 4. The Morgan fingerprint density at radius 3 is 2.48 bits per heavy atom. The molecule has 0 spiro atoms. The lowest BCUT2D eigenvalue weighted by Crippen LogP contribution is -2.27. The molecule has 0 heterocycles. The summed E-state index contributed by atoms with van der Waals surface area (Å²) >= 11 is 0. The van der Waals surface area contributed by atoms with E-state index in [2.05, 4.69) is 5.32 Å². The van der Waals surface area contributed by atoms with Gasteiger partial charge in [0.25, 0.3) is 0 Å². The van der Waals surface area contributed by atoms with E-state index < -0.39 is 17.7 Å². The van der Waals surface area contributed by atoms with Gasteiger partial charge in [0.15, 0.2) is 0 Å². The molecular formula is C15H19NO5. The van der Waals surface area contributed by atoms with Gasteiger partial charge >= 0.3 is 12.1 Å². The maximum absolute atomic E-state index is 11.8. The molecule has 1 saturated carbocycles. The van der Waals surface area contributed by atoms with Gasteiger partial charge < -0.3 is 14.6 Å². The number of amides is 1. The van der Waals surface area contributed by atoms with Crippen LogP contribution < -0.4 is 10.1 Å². The normalized spacial score (nSPS) is 14.4. The molecule has 0 aliphatic heterocycles. The molecule has 0 aromatic heterocycles. The predicted molar refractivity (Wildman–Crippen MR) is 76.9 cm³/mol. The number of nitrogens with one attached hydrogen (secondary N) is 1. The second-order valence-electron chi connectivity index (χ2n) is 5.96. The van der Waals surface area contributed by atoms with Crippen LogP contribution in [0.5, 0.6) is 5.75 Å². The van der Waals surface area contributed by atoms with Crippen LogP contribution in [0.25, 0.3) is 0 Å². The molecule has 1 aromatic rings. The zero-order valence-corrected chi connectivity index (χ0v) is 12.3. The van der Waals surface area contributed by atoms with Crippen molar-refractivity contribution in [3.63, 3.8) is 0 Å². The number of carboxylic acid groups (broad SMARTS) is 1. The molecule has 21 heavy (non-hydrogen) atoms.